The number of nitrogens with zero attached hydrogens (tertiary/aromatic N) is 3. The Labute approximate surface area is 167 Å². The summed E-state index contributed by atoms with van der Waals surface area (Å²) in [5.74, 6) is 0.706. The van der Waals surface area contributed by atoms with E-state index in [2.05, 4.69) is 70.5 Å². The molecule has 6 heteroatoms. The van der Waals surface area contributed by atoms with Crippen molar-refractivity contribution in [3.8, 4) is 0 Å². The maximum Gasteiger partial charge on any atom is 0.315 e. The fourth-order valence-electron chi connectivity index (χ4n) is 3.49. The van der Waals surface area contributed by atoms with Crippen molar-refractivity contribution in [3.63, 3.8) is 0 Å². The monoisotopic (exact) mass is 381 g/mol. The highest BCUT2D eigenvalue weighted by atomic mass is 16.2. The number of benzene rings is 1. The maximum absolute atomic E-state index is 12.5. The Bertz CT molecular complexity index is 815. The largest absolute Gasteiger partial charge is 0.334 e. The predicted molar refractivity (Wildman–Crippen MR) is 111 cm³/mol. The average Bonchev–Trinajstić information content (AvgIpc) is 2.65. The molecule has 0 unspecified atom stereocenters. The van der Waals surface area contributed by atoms with Crippen LogP contribution in [0.1, 0.15) is 43.4 Å². The highest BCUT2D eigenvalue weighted by Gasteiger charge is 2.29. The van der Waals surface area contributed by atoms with Gasteiger partial charge in [0, 0.05) is 31.9 Å². The predicted octanol–water partition coefficient (Wildman–Crippen LogP) is 3.06. The molecule has 2 heterocycles. The summed E-state index contributed by atoms with van der Waals surface area (Å²) < 4.78 is 0. The molecule has 0 saturated carbocycles. The molecule has 0 spiro atoms. The number of aromatic nitrogens is 2. The number of nitrogens with one attached hydrogen (secondary N) is 2. The summed E-state index contributed by atoms with van der Waals surface area (Å²) >= 11 is 0. The molecule has 6 nitrogen and oxygen atoms in total. The first kappa shape index (κ1) is 20.3. The van der Waals surface area contributed by atoms with Gasteiger partial charge in [-0.25, -0.2) is 14.8 Å². The Hall–Kier alpha value is -2.47. The van der Waals surface area contributed by atoms with Gasteiger partial charge in [0.2, 0.25) is 0 Å². The lowest BCUT2D eigenvalue weighted by molar-refractivity contribution is 0.161. The van der Waals surface area contributed by atoms with Gasteiger partial charge in [-0.15, -0.1) is 0 Å². The fraction of sp³-hybridized carbons (Fsp3) is 0.500. The van der Waals surface area contributed by atoms with Gasteiger partial charge in [0.25, 0.3) is 0 Å². The van der Waals surface area contributed by atoms with Crippen LogP contribution < -0.4 is 10.6 Å². The summed E-state index contributed by atoms with van der Waals surface area (Å²) in [7, 11) is 0. The van der Waals surface area contributed by atoms with Crippen LogP contribution in [0.3, 0.4) is 0 Å². The Balaban J connectivity index is 1.57. The minimum atomic E-state index is -0.159. The smallest absolute Gasteiger partial charge is 0.315 e. The van der Waals surface area contributed by atoms with Gasteiger partial charge in [-0.3, -0.25) is 4.90 Å². The molecule has 150 valence electrons. The molecule has 1 aromatic carbocycles. The molecule has 3 rings (SSSR count). The third-order valence-corrected chi connectivity index (χ3v) is 5.26. The number of rotatable bonds is 5. The first-order valence-electron chi connectivity index (χ1n) is 9.93. The Morgan fingerprint density at radius 2 is 1.96 bits per heavy atom. The van der Waals surface area contributed by atoms with Crippen LogP contribution in [-0.2, 0) is 19.5 Å². The molecule has 0 aliphatic carbocycles. The molecule has 1 aliphatic heterocycles. The molecule has 0 radical (unpaired) electrons. The maximum atomic E-state index is 12.5. The molecule has 1 aromatic heterocycles. The van der Waals surface area contributed by atoms with Gasteiger partial charge < -0.3 is 10.6 Å². The fourth-order valence-corrected chi connectivity index (χ4v) is 3.49. The zero-order valence-corrected chi connectivity index (χ0v) is 17.3. The van der Waals surface area contributed by atoms with Crippen molar-refractivity contribution < 1.29 is 4.79 Å². The van der Waals surface area contributed by atoms with Crippen LogP contribution in [0.4, 0.5) is 4.79 Å². The van der Waals surface area contributed by atoms with E-state index in [-0.39, 0.29) is 17.5 Å². The molecule has 2 N–H and O–H groups in total. The van der Waals surface area contributed by atoms with Gasteiger partial charge in [0.05, 0.1) is 12.2 Å². The molecule has 0 bridgehead atoms. The van der Waals surface area contributed by atoms with Crippen molar-refractivity contribution in [2.75, 3.05) is 13.1 Å². The highest BCUT2D eigenvalue weighted by molar-refractivity contribution is 5.74. The Kier molecular flexibility index (Phi) is 6.29. The van der Waals surface area contributed by atoms with E-state index in [1.54, 1.807) is 6.20 Å². The van der Waals surface area contributed by atoms with Gasteiger partial charge in [-0.05, 0) is 36.0 Å². The second-order valence-corrected chi connectivity index (χ2v) is 8.59. The summed E-state index contributed by atoms with van der Waals surface area (Å²) in [6.45, 7) is 11.5. The van der Waals surface area contributed by atoms with E-state index >= 15 is 0 Å². The number of hydrogen-bond acceptors (Lipinski definition) is 4. The van der Waals surface area contributed by atoms with E-state index < -0.39 is 0 Å². The van der Waals surface area contributed by atoms with E-state index in [1.807, 2.05) is 13.0 Å². The van der Waals surface area contributed by atoms with Crippen LogP contribution in [0.15, 0.2) is 36.5 Å². The van der Waals surface area contributed by atoms with Crippen molar-refractivity contribution in [3.05, 3.63) is 59.2 Å². The van der Waals surface area contributed by atoms with E-state index in [0.29, 0.717) is 12.4 Å². The second kappa shape index (κ2) is 8.69. The Morgan fingerprint density at radius 1 is 1.21 bits per heavy atom. The zero-order chi connectivity index (χ0) is 20.1. The summed E-state index contributed by atoms with van der Waals surface area (Å²) in [5.41, 5.74) is 3.60. The quantitative estimate of drug-likeness (QED) is 0.835. The molecule has 0 saturated heterocycles. The van der Waals surface area contributed by atoms with Crippen molar-refractivity contribution in [1.29, 1.82) is 0 Å². The van der Waals surface area contributed by atoms with Crippen molar-refractivity contribution in [2.24, 2.45) is 5.41 Å². The lowest BCUT2D eigenvalue weighted by Crippen LogP contribution is -2.53. The van der Waals surface area contributed by atoms with Crippen molar-refractivity contribution in [2.45, 2.75) is 53.2 Å². The molecule has 28 heavy (non-hydrogen) atoms. The van der Waals surface area contributed by atoms with Crippen LogP contribution in [0.5, 0.6) is 0 Å². The van der Waals surface area contributed by atoms with Gasteiger partial charge in [-0.1, -0.05) is 45.0 Å². The summed E-state index contributed by atoms with van der Waals surface area (Å²) in [6.07, 6.45) is 2.77. The standard InChI is InChI=1S/C22H31N5O/c1-16-23-11-9-19(25-16)13-24-21(28)26-20(22(2,3)4)15-27-12-10-17-7-5-6-8-18(17)14-27/h5-9,11,20H,10,12-15H2,1-4H3,(H2,24,26,28)/t20-/m1/s1. The van der Waals surface area contributed by atoms with E-state index in [0.717, 1.165) is 31.7 Å². The molecule has 2 amide bonds. The number of carbonyl (C=O) groups excluding carboxylic acids is 1. The first-order chi connectivity index (χ1) is 13.3. The molecular weight excluding hydrogens is 350 g/mol. The Morgan fingerprint density at radius 3 is 2.68 bits per heavy atom. The normalized spacial score (nSPS) is 15.6. The zero-order valence-electron chi connectivity index (χ0n) is 17.3. The molecule has 1 aliphatic rings. The van der Waals surface area contributed by atoms with Gasteiger partial charge >= 0.3 is 6.03 Å². The lowest BCUT2D eigenvalue weighted by Gasteiger charge is -2.37. The number of aryl methyl sites for hydroxylation is 1. The van der Waals surface area contributed by atoms with Gasteiger partial charge in [0.1, 0.15) is 5.82 Å². The van der Waals surface area contributed by atoms with Crippen molar-refractivity contribution >= 4 is 6.03 Å². The molecule has 2 aromatic rings. The number of fused-ring (bicyclic) bond motifs is 1. The van der Waals surface area contributed by atoms with E-state index in [4.69, 9.17) is 0 Å². The summed E-state index contributed by atoms with van der Waals surface area (Å²) in [6, 6.07) is 10.3. The van der Waals surface area contributed by atoms with Gasteiger partial charge in [-0.2, -0.15) is 0 Å². The van der Waals surface area contributed by atoms with E-state index in [1.165, 1.54) is 11.1 Å². The van der Waals surface area contributed by atoms with Crippen LogP contribution >= 0.6 is 0 Å². The first-order valence-corrected chi connectivity index (χ1v) is 9.93. The van der Waals surface area contributed by atoms with Crippen LogP contribution in [0.2, 0.25) is 0 Å². The third kappa shape index (κ3) is 5.52. The average molecular weight is 382 g/mol. The minimum Gasteiger partial charge on any atom is -0.334 e. The summed E-state index contributed by atoms with van der Waals surface area (Å²) in [4.78, 5) is 23.4. The molecule has 1 atom stereocenters. The lowest BCUT2D eigenvalue weighted by atomic mass is 9.86. The van der Waals surface area contributed by atoms with Gasteiger partial charge in [0.15, 0.2) is 0 Å². The highest BCUT2D eigenvalue weighted by Crippen LogP contribution is 2.24. The second-order valence-electron chi connectivity index (χ2n) is 8.59. The topological polar surface area (TPSA) is 70.2 Å². The van der Waals surface area contributed by atoms with Crippen LogP contribution in [-0.4, -0.2) is 40.0 Å². The number of amides is 2. The van der Waals surface area contributed by atoms with Crippen molar-refractivity contribution in [1.82, 2.24) is 25.5 Å². The minimum absolute atomic E-state index is 0.0419. The summed E-state index contributed by atoms with van der Waals surface area (Å²) in [5, 5.41) is 6.10. The van der Waals surface area contributed by atoms with Crippen LogP contribution in [0.25, 0.3) is 0 Å². The number of urea groups is 1. The van der Waals surface area contributed by atoms with Crippen LogP contribution in [0, 0.1) is 12.3 Å². The number of hydrogen-bond donors (Lipinski definition) is 2. The van der Waals surface area contributed by atoms with E-state index in [9.17, 15) is 4.79 Å². The number of carbonyl (C=O) groups is 1. The third-order valence-electron chi connectivity index (χ3n) is 5.26. The molecule has 0 fully saturated rings. The SMILES string of the molecule is Cc1nccc(CNC(=O)N[C@H](CN2CCc3ccccc3C2)C(C)(C)C)n1. The molecular formula is C22H31N5O.